The quantitative estimate of drug-likeness (QED) is 0.680. The molecule has 1 aromatic carbocycles. The molecule has 18 heavy (non-hydrogen) atoms. The number of hydrogen-bond donors (Lipinski definition) is 1. The van der Waals surface area contributed by atoms with Crippen molar-refractivity contribution in [2.45, 2.75) is 0 Å². The van der Waals surface area contributed by atoms with Gasteiger partial charge in [0.2, 0.25) is 0 Å². The first-order chi connectivity index (χ1) is 8.74. The summed E-state index contributed by atoms with van der Waals surface area (Å²) >= 11 is 1.36. The average Bonchev–Trinajstić information content (AvgIpc) is 2.78. The van der Waals surface area contributed by atoms with Gasteiger partial charge < -0.3 is 5.73 Å². The van der Waals surface area contributed by atoms with E-state index in [-0.39, 0.29) is 12.4 Å². The van der Waals surface area contributed by atoms with E-state index in [4.69, 9.17) is 11.0 Å². The first-order valence-corrected chi connectivity index (χ1v) is 6.11. The Kier molecular flexibility index (Phi) is 3.70. The van der Waals surface area contributed by atoms with Gasteiger partial charge in [0, 0.05) is 11.1 Å². The molecule has 2 rings (SSSR count). The molecule has 3 nitrogen and oxygen atoms in total. The van der Waals surface area contributed by atoms with Crippen LogP contribution in [0.5, 0.6) is 0 Å². The molecule has 0 aliphatic carbocycles. The van der Waals surface area contributed by atoms with E-state index in [1.807, 2.05) is 11.4 Å². The molecule has 1 aromatic heterocycles. The van der Waals surface area contributed by atoms with Gasteiger partial charge in [-0.25, -0.2) is 4.39 Å². The van der Waals surface area contributed by atoms with Crippen LogP contribution in [0.25, 0.3) is 0 Å². The van der Waals surface area contributed by atoms with E-state index in [0.29, 0.717) is 21.8 Å². The lowest BCUT2D eigenvalue weighted by Gasteiger charge is -2.07. The predicted octanol–water partition coefficient (Wildman–Crippen LogP) is 2.83. The molecular weight excluding hydrogens is 249 g/mol. The van der Waals surface area contributed by atoms with Gasteiger partial charge in [-0.2, -0.15) is 5.26 Å². The Morgan fingerprint density at radius 2 is 2.11 bits per heavy atom. The monoisotopic (exact) mass is 259 g/mol. The molecule has 0 bridgehead atoms. The molecule has 5 heteroatoms. The van der Waals surface area contributed by atoms with Gasteiger partial charge in [-0.1, -0.05) is 12.1 Å². The molecule has 0 saturated heterocycles. The summed E-state index contributed by atoms with van der Waals surface area (Å²) in [5.41, 5.74) is 7.28. The fourth-order valence-corrected chi connectivity index (χ4v) is 2.24. The third kappa shape index (κ3) is 2.39. The normalized spacial score (nSPS) is 11.2. The van der Waals surface area contributed by atoms with Crippen LogP contribution < -0.4 is 5.73 Å². The summed E-state index contributed by atoms with van der Waals surface area (Å²) in [4.78, 5) is 4.12. The molecule has 2 aromatic rings. The fourth-order valence-electron chi connectivity index (χ4n) is 1.60. The summed E-state index contributed by atoms with van der Waals surface area (Å²) in [6, 6.07) is 10.0. The Labute approximate surface area is 108 Å². The van der Waals surface area contributed by atoms with Crippen molar-refractivity contribution in [1.82, 2.24) is 0 Å². The number of benzene rings is 1. The van der Waals surface area contributed by atoms with Gasteiger partial charge in [-0.15, -0.1) is 11.3 Å². The van der Waals surface area contributed by atoms with Gasteiger partial charge in [0.1, 0.15) is 12.4 Å². The summed E-state index contributed by atoms with van der Waals surface area (Å²) in [6.45, 7) is -0.0288. The zero-order valence-electron chi connectivity index (χ0n) is 9.43. The molecule has 0 saturated carbocycles. The van der Waals surface area contributed by atoms with E-state index in [1.54, 1.807) is 24.3 Å². The standard InChI is InChI=1S/C13H10FN3S/c14-11-4-2-1-3-9(11)12(17-7-6-15)10-5-8-18-13(10)16/h1-5,8H,7,16H2. The highest BCUT2D eigenvalue weighted by atomic mass is 32.1. The van der Waals surface area contributed by atoms with Crippen LogP contribution in [0, 0.1) is 17.1 Å². The maximum absolute atomic E-state index is 13.8. The van der Waals surface area contributed by atoms with Crippen molar-refractivity contribution in [3.05, 3.63) is 52.7 Å². The molecule has 0 atom stereocenters. The van der Waals surface area contributed by atoms with E-state index in [2.05, 4.69) is 4.99 Å². The van der Waals surface area contributed by atoms with Gasteiger partial charge in [0.15, 0.2) is 0 Å². The van der Waals surface area contributed by atoms with Gasteiger partial charge in [-0.05, 0) is 23.6 Å². The number of rotatable bonds is 3. The summed E-state index contributed by atoms with van der Waals surface area (Å²) in [5.74, 6) is -0.375. The van der Waals surface area contributed by atoms with Crippen molar-refractivity contribution in [2.75, 3.05) is 12.3 Å². The van der Waals surface area contributed by atoms with Crippen molar-refractivity contribution >= 4 is 22.0 Å². The number of anilines is 1. The molecule has 0 aliphatic heterocycles. The maximum atomic E-state index is 13.8. The number of nitriles is 1. The number of halogens is 1. The Bertz CT molecular complexity index is 625. The minimum absolute atomic E-state index is 0.0288. The second-order valence-corrected chi connectivity index (χ2v) is 4.45. The van der Waals surface area contributed by atoms with Crippen molar-refractivity contribution < 1.29 is 4.39 Å². The molecular formula is C13H10FN3S. The molecule has 0 fully saturated rings. The van der Waals surface area contributed by atoms with Crippen molar-refractivity contribution in [2.24, 2.45) is 4.99 Å². The second kappa shape index (κ2) is 5.43. The largest absolute Gasteiger partial charge is 0.390 e. The maximum Gasteiger partial charge on any atom is 0.132 e. The molecule has 90 valence electrons. The number of hydrogen-bond acceptors (Lipinski definition) is 4. The summed E-state index contributed by atoms with van der Waals surface area (Å²) in [6.07, 6.45) is 0. The van der Waals surface area contributed by atoms with Gasteiger partial charge in [0.05, 0.1) is 16.8 Å². The van der Waals surface area contributed by atoms with Crippen LogP contribution in [-0.4, -0.2) is 12.3 Å². The van der Waals surface area contributed by atoms with Gasteiger partial charge in [-0.3, -0.25) is 4.99 Å². The Hall–Kier alpha value is -2.19. The van der Waals surface area contributed by atoms with E-state index >= 15 is 0 Å². The number of nitrogens with zero attached hydrogens (tertiary/aromatic N) is 2. The van der Waals surface area contributed by atoms with Gasteiger partial charge >= 0.3 is 0 Å². The van der Waals surface area contributed by atoms with Crippen molar-refractivity contribution in [1.29, 1.82) is 5.26 Å². The summed E-state index contributed by atoms with van der Waals surface area (Å²) < 4.78 is 13.8. The molecule has 0 spiro atoms. The lowest BCUT2D eigenvalue weighted by Crippen LogP contribution is -2.07. The highest BCUT2D eigenvalue weighted by molar-refractivity contribution is 7.14. The number of thiophene rings is 1. The minimum atomic E-state index is -0.375. The van der Waals surface area contributed by atoms with Crippen LogP contribution in [0.3, 0.4) is 0 Å². The number of nitrogen functional groups attached to an aromatic ring is 1. The molecule has 0 amide bonds. The zero-order chi connectivity index (χ0) is 13.0. The van der Waals surface area contributed by atoms with Gasteiger partial charge in [0.25, 0.3) is 0 Å². The summed E-state index contributed by atoms with van der Waals surface area (Å²) in [7, 11) is 0. The van der Waals surface area contributed by atoms with E-state index in [9.17, 15) is 4.39 Å². The van der Waals surface area contributed by atoms with Crippen LogP contribution >= 0.6 is 11.3 Å². The molecule has 0 radical (unpaired) electrons. The molecule has 0 unspecified atom stereocenters. The van der Waals surface area contributed by atoms with Crippen LogP contribution in [-0.2, 0) is 0 Å². The topological polar surface area (TPSA) is 62.2 Å². The Balaban J connectivity index is 2.55. The predicted molar refractivity (Wildman–Crippen MR) is 71.3 cm³/mol. The van der Waals surface area contributed by atoms with Crippen molar-refractivity contribution in [3.63, 3.8) is 0 Å². The molecule has 0 aliphatic rings. The highest BCUT2D eigenvalue weighted by Gasteiger charge is 2.14. The first-order valence-electron chi connectivity index (χ1n) is 5.23. The van der Waals surface area contributed by atoms with Crippen LogP contribution in [0.4, 0.5) is 9.39 Å². The van der Waals surface area contributed by atoms with Crippen LogP contribution in [0.1, 0.15) is 11.1 Å². The van der Waals surface area contributed by atoms with Crippen LogP contribution in [0.15, 0.2) is 40.7 Å². The fraction of sp³-hybridized carbons (Fsp3) is 0.0769. The lowest BCUT2D eigenvalue weighted by atomic mass is 10.0. The van der Waals surface area contributed by atoms with E-state index < -0.39 is 0 Å². The molecule has 2 N–H and O–H groups in total. The molecule has 1 heterocycles. The zero-order valence-corrected chi connectivity index (χ0v) is 10.2. The highest BCUT2D eigenvalue weighted by Crippen LogP contribution is 2.24. The smallest absolute Gasteiger partial charge is 0.132 e. The first kappa shape index (κ1) is 12.3. The third-order valence-corrected chi connectivity index (χ3v) is 3.13. The SMILES string of the molecule is N#CCN=C(c1ccccc1F)c1ccsc1N. The minimum Gasteiger partial charge on any atom is -0.390 e. The van der Waals surface area contributed by atoms with E-state index in [1.165, 1.54) is 17.4 Å². The Morgan fingerprint density at radius 3 is 2.72 bits per heavy atom. The second-order valence-electron chi connectivity index (χ2n) is 3.50. The third-order valence-electron chi connectivity index (χ3n) is 2.39. The Morgan fingerprint density at radius 1 is 1.33 bits per heavy atom. The van der Waals surface area contributed by atoms with Crippen LogP contribution in [0.2, 0.25) is 0 Å². The van der Waals surface area contributed by atoms with Crippen molar-refractivity contribution in [3.8, 4) is 6.07 Å². The van der Waals surface area contributed by atoms with E-state index in [0.717, 1.165) is 0 Å². The number of nitrogens with two attached hydrogens (primary N) is 1. The average molecular weight is 259 g/mol. The summed E-state index contributed by atoms with van der Waals surface area (Å²) in [5, 5.41) is 11.0. The number of aliphatic imine (C=N–C) groups is 1. The lowest BCUT2D eigenvalue weighted by molar-refractivity contribution is 0.625.